The van der Waals surface area contributed by atoms with E-state index in [1.165, 1.54) is 0 Å². The number of aromatic nitrogens is 2. The number of nitrogens with one attached hydrogen (secondary N) is 2. The molecule has 0 spiro atoms. The van der Waals surface area contributed by atoms with Crippen LogP contribution in [0.2, 0.25) is 5.02 Å². The smallest absolute Gasteiger partial charge is 0.268 e. The number of carbonyl (C=O) groups excluding carboxylic acids is 1. The second-order valence-electron chi connectivity index (χ2n) is 4.14. The predicted molar refractivity (Wildman–Crippen MR) is 73.1 cm³/mol. The molecule has 0 unspecified atom stereocenters. The Kier molecular flexibility index (Phi) is 3.87. The summed E-state index contributed by atoms with van der Waals surface area (Å²) in [5.41, 5.74) is 2.27. The molecule has 1 amide bonds. The quantitative estimate of drug-likeness (QED) is 0.893. The van der Waals surface area contributed by atoms with Crippen LogP contribution < -0.4 is 5.32 Å². The van der Waals surface area contributed by atoms with E-state index in [1.807, 2.05) is 19.9 Å². The summed E-state index contributed by atoms with van der Waals surface area (Å²) < 4.78 is 0. The molecule has 2 heterocycles. The highest BCUT2D eigenvalue weighted by molar-refractivity contribution is 6.31. The summed E-state index contributed by atoms with van der Waals surface area (Å²) in [7, 11) is 0. The number of H-pyrrole nitrogens is 1. The van der Waals surface area contributed by atoms with Gasteiger partial charge in [-0.2, -0.15) is 0 Å². The first kappa shape index (κ1) is 12.9. The van der Waals surface area contributed by atoms with Crippen molar-refractivity contribution in [2.24, 2.45) is 0 Å². The highest BCUT2D eigenvalue weighted by atomic mass is 35.5. The summed E-state index contributed by atoms with van der Waals surface area (Å²) in [6.45, 7) is 4.71. The van der Waals surface area contributed by atoms with Crippen molar-refractivity contribution in [2.75, 3.05) is 6.54 Å². The molecule has 4 nitrogen and oxygen atoms in total. The molecule has 0 radical (unpaired) electrons. The van der Waals surface area contributed by atoms with Gasteiger partial charge in [0.15, 0.2) is 0 Å². The van der Waals surface area contributed by atoms with Gasteiger partial charge in [0, 0.05) is 18.1 Å². The Morgan fingerprint density at radius 2 is 2.28 bits per heavy atom. The minimum Gasteiger partial charge on any atom is -0.351 e. The fraction of sp³-hybridized carbons (Fsp3) is 0.385. The van der Waals surface area contributed by atoms with Crippen molar-refractivity contribution in [1.82, 2.24) is 15.3 Å². The molecule has 2 rings (SSSR count). The van der Waals surface area contributed by atoms with Gasteiger partial charge in [0.1, 0.15) is 11.3 Å². The van der Waals surface area contributed by atoms with Crippen LogP contribution in [0.25, 0.3) is 11.0 Å². The summed E-state index contributed by atoms with van der Waals surface area (Å²) >= 11 is 5.94. The van der Waals surface area contributed by atoms with Crippen LogP contribution in [0.3, 0.4) is 0 Å². The highest BCUT2D eigenvalue weighted by Crippen LogP contribution is 2.24. The van der Waals surface area contributed by atoms with E-state index in [1.54, 1.807) is 6.20 Å². The number of nitrogens with zero attached hydrogens (tertiary/aromatic N) is 1. The van der Waals surface area contributed by atoms with Gasteiger partial charge < -0.3 is 10.3 Å². The molecular weight excluding hydrogens is 250 g/mol. The monoisotopic (exact) mass is 265 g/mol. The van der Waals surface area contributed by atoms with Crippen LogP contribution in [0, 0.1) is 0 Å². The maximum absolute atomic E-state index is 12.0. The normalized spacial score (nSPS) is 10.8. The zero-order chi connectivity index (χ0) is 13.1. The molecule has 0 bridgehead atoms. The summed E-state index contributed by atoms with van der Waals surface area (Å²) in [6.07, 6.45) is 3.25. The summed E-state index contributed by atoms with van der Waals surface area (Å²) in [6, 6.07) is 1.84. The first-order valence-electron chi connectivity index (χ1n) is 6.11. The number of pyridine rings is 1. The maximum atomic E-state index is 12.0. The van der Waals surface area contributed by atoms with Crippen LogP contribution in [-0.2, 0) is 6.42 Å². The third-order valence-corrected chi connectivity index (χ3v) is 3.05. The van der Waals surface area contributed by atoms with Gasteiger partial charge in [0.25, 0.3) is 5.91 Å². The molecule has 0 aliphatic heterocycles. The lowest BCUT2D eigenvalue weighted by molar-refractivity contribution is 0.0948. The molecule has 0 saturated heterocycles. The molecule has 0 atom stereocenters. The number of hydrogen-bond acceptors (Lipinski definition) is 2. The van der Waals surface area contributed by atoms with Gasteiger partial charge in [-0.1, -0.05) is 25.4 Å². The van der Waals surface area contributed by atoms with Crippen LogP contribution in [0.1, 0.15) is 36.3 Å². The molecule has 0 saturated carbocycles. The van der Waals surface area contributed by atoms with E-state index in [0.29, 0.717) is 22.9 Å². The fourth-order valence-corrected chi connectivity index (χ4v) is 2.14. The zero-order valence-corrected chi connectivity index (χ0v) is 11.3. The second kappa shape index (κ2) is 5.40. The molecule has 0 fully saturated rings. The first-order valence-corrected chi connectivity index (χ1v) is 6.49. The Morgan fingerprint density at radius 3 is 2.94 bits per heavy atom. The molecule has 2 aromatic heterocycles. The van der Waals surface area contributed by atoms with E-state index in [4.69, 9.17) is 11.6 Å². The number of halogens is 1. The Bertz CT molecular complexity index is 577. The Labute approximate surface area is 111 Å². The fourth-order valence-electron chi connectivity index (χ4n) is 1.99. The number of hydrogen-bond donors (Lipinski definition) is 2. The summed E-state index contributed by atoms with van der Waals surface area (Å²) in [4.78, 5) is 19.3. The van der Waals surface area contributed by atoms with Crippen molar-refractivity contribution in [1.29, 1.82) is 0 Å². The molecular formula is C13H16ClN3O. The predicted octanol–water partition coefficient (Wildman–Crippen LogP) is 2.92. The van der Waals surface area contributed by atoms with Gasteiger partial charge in [-0.3, -0.25) is 4.79 Å². The van der Waals surface area contributed by atoms with E-state index >= 15 is 0 Å². The lowest BCUT2D eigenvalue weighted by Crippen LogP contribution is -2.25. The van der Waals surface area contributed by atoms with Crippen LogP contribution in [0.15, 0.2) is 12.3 Å². The average molecular weight is 266 g/mol. The Balaban J connectivity index is 2.47. The standard InChI is InChI=1S/C13H16ClN3O/c1-3-5-15-13(18)11-9(4-2)10-6-8(14)7-16-12(10)17-11/h6-7H,3-5H2,1-2H3,(H,15,18)(H,16,17). The van der Waals surface area contributed by atoms with Gasteiger partial charge in [-0.15, -0.1) is 0 Å². The Morgan fingerprint density at radius 1 is 1.50 bits per heavy atom. The SMILES string of the molecule is CCCNC(=O)c1[nH]c2ncc(Cl)cc2c1CC. The maximum Gasteiger partial charge on any atom is 0.268 e. The third-order valence-electron chi connectivity index (χ3n) is 2.84. The van der Waals surface area contributed by atoms with E-state index in [0.717, 1.165) is 23.8 Å². The number of aryl methyl sites for hydroxylation is 1. The highest BCUT2D eigenvalue weighted by Gasteiger charge is 2.16. The number of amides is 1. The van der Waals surface area contributed by atoms with Crippen LogP contribution in [0.5, 0.6) is 0 Å². The van der Waals surface area contributed by atoms with Crippen molar-refractivity contribution in [3.05, 3.63) is 28.5 Å². The first-order chi connectivity index (χ1) is 8.67. The van der Waals surface area contributed by atoms with Crippen molar-refractivity contribution < 1.29 is 4.79 Å². The number of fused-ring (bicyclic) bond motifs is 1. The van der Waals surface area contributed by atoms with Crippen molar-refractivity contribution >= 4 is 28.5 Å². The van der Waals surface area contributed by atoms with Crippen LogP contribution >= 0.6 is 11.6 Å². The molecule has 5 heteroatoms. The molecule has 0 aromatic carbocycles. The van der Waals surface area contributed by atoms with Gasteiger partial charge in [-0.25, -0.2) is 4.98 Å². The average Bonchev–Trinajstić information content (AvgIpc) is 2.73. The largest absolute Gasteiger partial charge is 0.351 e. The minimum atomic E-state index is -0.0807. The minimum absolute atomic E-state index is 0.0807. The molecule has 0 aliphatic carbocycles. The van der Waals surface area contributed by atoms with E-state index in [2.05, 4.69) is 15.3 Å². The lowest BCUT2D eigenvalue weighted by atomic mass is 10.1. The molecule has 2 N–H and O–H groups in total. The Hall–Kier alpha value is -1.55. The zero-order valence-electron chi connectivity index (χ0n) is 10.5. The second-order valence-corrected chi connectivity index (χ2v) is 4.57. The van der Waals surface area contributed by atoms with Crippen molar-refractivity contribution in [3.8, 4) is 0 Å². The number of carbonyl (C=O) groups is 1. The third kappa shape index (κ3) is 2.34. The topological polar surface area (TPSA) is 57.8 Å². The lowest BCUT2D eigenvalue weighted by Gasteiger charge is -2.03. The van der Waals surface area contributed by atoms with Crippen LogP contribution in [0.4, 0.5) is 0 Å². The molecule has 96 valence electrons. The van der Waals surface area contributed by atoms with Gasteiger partial charge >= 0.3 is 0 Å². The van der Waals surface area contributed by atoms with Gasteiger partial charge in [-0.05, 0) is 24.5 Å². The molecule has 18 heavy (non-hydrogen) atoms. The van der Waals surface area contributed by atoms with Gasteiger partial charge in [0.05, 0.1) is 5.02 Å². The molecule has 0 aliphatic rings. The van der Waals surface area contributed by atoms with Gasteiger partial charge in [0.2, 0.25) is 0 Å². The number of aromatic amines is 1. The number of rotatable bonds is 4. The summed E-state index contributed by atoms with van der Waals surface area (Å²) in [5, 5.41) is 4.37. The van der Waals surface area contributed by atoms with Crippen LogP contribution in [-0.4, -0.2) is 22.4 Å². The molecule has 2 aromatic rings. The van der Waals surface area contributed by atoms with Crippen molar-refractivity contribution in [2.45, 2.75) is 26.7 Å². The van der Waals surface area contributed by atoms with E-state index in [-0.39, 0.29) is 5.91 Å². The van der Waals surface area contributed by atoms with E-state index < -0.39 is 0 Å². The summed E-state index contributed by atoms with van der Waals surface area (Å²) in [5.74, 6) is -0.0807. The van der Waals surface area contributed by atoms with E-state index in [9.17, 15) is 4.79 Å². The van der Waals surface area contributed by atoms with Crippen molar-refractivity contribution in [3.63, 3.8) is 0 Å².